The summed E-state index contributed by atoms with van der Waals surface area (Å²) < 4.78 is 5.65. The number of anilines is 1. The lowest BCUT2D eigenvalue weighted by Crippen LogP contribution is -2.32. The van der Waals surface area contributed by atoms with E-state index in [9.17, 15) is 9.59 Å². The van der Waals surface area contributed by atoms with Gasteiger partial charge >= 0.3 is 0 Å². The smallest absolute Gasteiger partial charge is 0.262 e. The van der Waals surface area contributed by atoms with Gasteiger partial charge in [-0.2, -0.15) is 0 Å². The molecule has 4 rings (SSSR count). The predicted octanol–water partition coefficient (Wildman–Crippen LogP) is 4.58. The number of carbonyl (C=O) groups is 2. The highest BCUT2D eigenvalue weighted by Gasteiger charge is 2.18. The fourth-order valence-electron chi connectivity index (χ4n) is 3.61. The maximum absolute atomic E-state index is 12.3. The summed E-state index contributed by atoms with van der Waals surface area (Å²) in [5.41, 5.74) is 1.78. The average molecular weight is 424 g/mol. The van der Waals surface area contributed by atoms with E-state index in [0.29, 0.717) is 27.5 Å². The van der Waals surface area contributed by atoms with Crippen molar-refractivity contribution in [2.24, 2.45) is 0 Å². The minimum atomic E-state index is -0.308. The Kier molecular flexibility index (Phi) is 6.14. The van der Waals surface area contributed by atoms with Gasteiger partial charge in [-0.3, -0.25) is 14.6 Å². The predicted molar refractivity (Wildman–Crippen MR) is 117 cm³/mol. The van der Waals surface area contributed by atoms with Crippen LogP contribution in [0.4, 0.5) is 5.69 Å². The molecule has 1 heterocycles. The molecule has 1 saturated carbocycles. The summed E-state index contributed by atoms with van der Waals surface area (Å²) >= 11 is 6.18. The third-order valence-corrected chi connectivity index (χ3v) is 5.49. The number of benzene rings is 2. The van der Waals surface area contributed by atoms with Crippen LogP contribution in [0.15, 0.2) is 54.7 Å². The number of nitrogens with one attached hydrogen (secondary N) is 2. The Bertz CT molecular complexity index is 1060. The van der Waals surface area contributed by atoms with Crippen molar-refractivity contribution in [2.75, 3.05) is 11.9 Å². The first-order valence-corrected chi connectivity index (χ1v) is 10.3. The average Bonchev–Trinajstić information content (AvgIpc) is 3.27. The number of fused-ring (bicyclic) bond motifs is 1. The minimum absolute atomic E-state index is 0.0785. The molecule has 2 N–H and O–H groups in total. The zero-order valence-electron chi connectivity index (χ0n) is 16.4. The highest BCUT2D eigenvalue weighted by Crippen LogP contribution is 2.29. The van der Waals surface area contributed by atoms with Gasteiger partial charge in [-0.25, -0.2) is 0 Å². The number of aromatic nitrogens is 1. The van der Waals surface area contributed by atoms with E-state index in [1.165, 1.54) is 12.8 Å². The van der Waals surface area contributed by atoms with Gasteiger partial charge in [-0.05, 0) is 61.4 Å². The lowest BCUT2D eigenvalue weighted by Gasteiger charge is -2.12. The molecule has 0 spiro atoms. The topological polar surface area (TPSA) is 80.3 Å². The second-order valence-corrected chi connectivity index (χ2v) is 7.72. The number of rotatable bonds is 6. The van der Waals surface area contributed by atoms with Crippen molar-refractivity contribution in [3.63, 3.8) is 0 Å². The maximum Gasteiger partial charge on any atom is 0.262 e. The van der Waals surface area contributed by atoms with Crippen LogP contribution in [0, 0.1) is 0 Å². The molecular formula is C23H22ClN3O3. The molecule has 30 heavy (non-hydrogen) atoms. The Labute approximate surface area is 179 Å². The fraction of sp³-hybridized carbons (Fsp3) is 0.261. The van der Waals surface area contributed by atoms with Gasteiger partial charge in [0, 0.05) is 28.9 Å². The van der Waals surface area contributed by atoms with Crippen LogP contribution < -0.4 is 15.4 Å². The third kappa shape index (κ3) is 4.71. The van der Waals surface area contributed by atoms with Gasteiger partial charge in [0.1, 0.15) is 11.3 Å². The summed E-state index contributed by atoms with van der Waals surface area (Å²) in [6.07, 6.45) is 6.06. The molecule has 1 aliphatic rings. The van der Waals surface area contributed by atoms with Gasteiger partial charge in [0.25, 0.3) is 11.8 Å². The van der Waals surface area contributed by atoms with E-state index in [2.05, 4.69) is 15.6 Å². The Morgan fingerprint density at radius 3 is 2.60 bits per heavy atom. The van der Waals surface area contributed by atoms with Gasteiger partial charge in [0.2, 0.25) is 0 Å². The van der Waals surface area contributed by atoms with Crippen LogP contribution in [0.5, 0.6) is 5.75 Å². The molecule has 154 valence electrons. The standard InChI is InChI=1S/C23H22ClN3O3/c24-19-11-12-20(22-18(19)6-3-13-25-22)30-14-21(28)26-17-9-7-15(8-10-17)23(29)27-16-4-1-2-5-16/h3,6-13,16H,1-2,4-5,14H2,(H,26,28)(H,27,29). The van der Waals surface area contributed by atoms with E-state index in [0.717, 1.165) is 18.2 Å². The number of nitrogens with zero attached hydrogens (tertiary/aromatic N) is 1. The van der Waals surface area contributed by atoms with Gasteiger partial charge in [0.05, 0.1) is 5.02 Å². The van der Waals surface area contributed by atoms with Crippen molar-refractivity contribution in [3.8, 4) is 5.75 Å². The SMILES string of the molecule is O=C(COc1ccc(Cl)c2cccnc12)Nc1ccc(C(=O)NC2CCCC2)cc1. The molecule has 1 aliphatic carbocycles. The zero-order chi connectivity index (χ0) is 20.9. The molecule has 2 aromatic carbocycles. The van der Waals surface area contributed by atoms with Crippen molar-refractivity contribution < 1.29 is 14.3 Å². The number of carbonyl (C=O) groups excluding carboxylic acids is 2. The Balaban J connectivity index is 1.33. The summed E-state index contributed by atoms with van der Waals surface area (Å²) in [7, 11) is 0. The Hall–Kier alpha value is -3.12. The molecule has 0 atom stereocenters. The lowest BCUT2D eigenvalue weighted by molar-refractivity contribution is -0.118. The van der Waals surface area contributed by atoms with E-state index in [1.54, 1.807) is 48.7 Å². The van der Waals surface area contributed by atoms with Crippen LogP contribution in [0.1, 0.15) is 36.0 Å². The number of amides is 2. The van der Waals surface area contributed by atoms with E-state index in [-0.39, 0.29) is 24.5 Å². The number of hydrogen-bond donors (Lipinski definition) is 2. The summed E-state index contributed by atoms with van der Waals surface area (Å²) in [6, 6.07) is 14.2. The molecule has 6 nitrogen and oxygen atoms in total. The lowest BCUT2D eigenvalue weighted by atomic mass is 10.1. The first-order valence-electron chi connectivity index (χ1n) is 9.97. The summed E-state index contributed by atoms with van der Waals surface area (Å²) in [6.45, 7) is -0.169. The summed E-state index contributed by atoms with van der Waals surface area (Å²) in [4.78, 5) is 28.9. The van der Waals surface area contributed by atoms with E-state index in [1.807, 2.05) is 6.07 Å². The summed E-state index contributed by atoms with van der Waals surface area (Å²) in [5.74, 6) is 0.103. The Morgan fingerprint density at radius 1 is 1.07 bits per heavy atom. The second kappa shape index (κ2) is 9.13. The summed E-state index contributed by atoms with van der Waals surface area (Å²) in [5, 5.41) is 7.16. The first-order chi connectivity index (χ1) is 14.6. The van der Waals surface area contributed by atoms with E-state index < -0.39 is 0 Å². The van der Waals surface area contributed by atoms with Gasteiger partial charge in [-0.15, -0.1) is 0 Å². The molecule has 0 aliphatic heterocycles. The highest BCUT2D eigenvalue weighted by atomic mass is 35.5. The molecule has 0 saturated heterocycles. The van der Waals surface area contributed by atoms with Crippen molar-refractivity contribution in [2.45, 2.75) is 31.7 Å². The van der Waals surface area contributed by atoms with Crippen molar-refractivity contribution in [1.29, 1.82) is 0 Å². The quantitative estimate of drug-likeness (QED) is 0.608. The van der Waals surface area contributed by atoms with Crippen molar-refractivity contribution in [3.05, 3.63) is 65.3 Å². The van der Waals surface area contributed by atoms with Crippen LogP contribution in [0.3, 0.4) is 0 Å². The van der Waals surface area contributed by atoms with Gasteiger partial charge in [0.15, 0.2) is 6.61 Å². The third-order valence-electron chi connectivity index (χ3n) is 5.16. The van der Waals surface area contributed by atoms with Crippen molar-refractivity contribution in [1.82, 2.24) is 10.3 Å². The zero-order valence-corrected chi connectivity index (χ0v) is 17.1. The minimum Gasteiger partial charge on any atom is -0.481 e. The van der Waals surface area contributed by atoms with Crippen LogP contribution in [0.25, 0.3) is 10.9 Å². The maximum atomic E-state index is 12.3. The van der Waals surface area contributed by atoms with Gasteiger partial charge < -0.3 is 15.4 Å². The molecular weight excluding hydrogens is 402 g/mol. The number of halogens is 1. The molecule has 0 radical (unpaired) electrons. The molecule has 1 aromatic heterocycles. The number of ether oxygens (including phenoxy) is 1. The number of hydrogen-bond acceptors (Lipinski definition) is 4. The highest BCUT2D eigenvalue weighted by molar-refractivity contribution is 6.35. The van der Waals surface area contributed by atoms with Crippen LogP contribution >= 0.6 is 11.6 Å². The van der Waals surface area contributed by atoms with Crippen LogP contribution in [-0.4, -0.2) is 29.4 Å². The molecule has 1 fully saturated rings. The molecule has 0 bridgehead atoms. The van der Waals surface area contributed by atoms with Crippen molar-refractivity contribution >= 4 is 40.0 Å². The fourth-order valence-corrected chi connectivity index (χ4v) is 3.83. The van der Waals surface area contributed by atoms with Crippen LogP contribution in [-0.2, 0) is 4.79 Å². The van der Waals surface area contributed by atoms with E-state index >= 15 is 0 Å². The van der Waals surface area contributed by atoms with Gasteiger partial charge in [-0.1, -0.05) is 24.4 Å². The molecule has 0 unspecified atom stereocenters. The van der Waals surface area contributed by atoms with Crippen LogP contribution in [0.2, 0.25) is 5.02 Å². The molecule has 7 heteroatoms. The first kappa shape index (κ1) is 20.2. The second-order valence-electron chi connectivity index (χ2n) is 7.31. The largest absolute Gasteiger partial charge is 0.481 e. The number of pyridine rings is 1. The Morgan fingerprint density at radius 2 is 1.83 bits per heavy atom. The monoisotopic (exact) mass is 423 g/mol. The normalized spacial score (nSPS) is 13.9. The molecule has 3 aromatic rings. The molecule has 2 amide bonds. The van der Waals surface area contributed by atoms with E-state index in [4.69, 9.17) is 16.3 Å².